The number of hydrogen-bond acceptors (Lipinski definition) is 3. The van der Waals surface area contributed by atoms with Crippen molar-refractivity contribution in [3.8, 4) is 5.69 Å². The molecule has 4 nitrogen and oxygen atoms in total. The van der Waals surface area contributed by atoms with Crippen molar-refractivity contribution >= 4 is 23.2 Å². The third-order valence-electron chi connectivity index (χ3n) is 1.94. The second kappa shape index (κ2) is 4.37. The fraction of sp³-hybridized carbons (Fsp3) is 0.111. The summed E-state index contributed by atoms with van der Waals surface area (Å²) in [6, 6.07) is 2.75. The quantitative estimate of drug-likeness (QED) is 0.844. The van der Waals surface area contributed by atoms with E-state index in [0.29, 0.717) is 11.4 Å². The number of benzene rings is 1. The SMILES string of the molecule is OCc1cn(-c2cc(Cl)c(F)c(Cl)c2)nn1. The summed E-state index contributed by atoms with van der Waals surface area (Å²) < 4.78 is 14.5. The van der Waals surface area contributed by atoms with Gasteiger partial charge in [-0.15, -0.1) is 5.10 Å². The lowest BCUT2D eigenvalue weighted by Gasteiger charge is -2.03. The maximum atomic E-state index is 13.1. The summed E-state index contributed by atoms with van der Waals surface area (Å²) in [6.07, 6.45) is 1.50. The minimum absolute atomic E-state index is 0.0939. The lowest BCUT2D eigenvalue weighted by molar-refractivity contribution is 0.276. The Morgan fingerprint density at radius 2 is 1.94 bits per heavy atom. The predicted molar refractivity (Wildman–Crippen MR) is 57.3 cm³/mol. The minimum Gasteiger partial charge on any atom is -0.390 e. The van der Waals surface area contributed by atoms with Gasteiger partial charge in [-0.05, 0) is 12.1 Å². The third kappa shape index (κ3) is 2.02. The van der Waals surface area contributed by atoms with Crippen LogP contribution in [-0.2, 0) is 6.61 Å². The fourth-order valence-electron chi connectivity index (χ4n) is 1.17. The molecule has 0 aliphatic heterocycles. The van der Waals surface area contributed by atoms with Gasteiger partial charge in [-0.2, -0.15) is 0 Å². The van der Waals surface area contributed by atoms with Gasteiger partial charge in [0.15, 0.2) is 5.82 Å². The first-order valence-electron chi connectivity index (χ1n) is 4.29. The molecule has 84 valence electrons. The Labute approximate surface area is 100 Å². The first-order chi connectivity index (χ1) is 7.61. The fourth-order valence-corrected chi connectivity index (χ4v) is 1.65. The molecule has 1 aromatic carbocycles. The van der Waals surface area contributed by atoms with Crippen molar-refractivity contribution in [3.63, 3.8) is 0 Å². The van der Waals surface area contributed by atoms with Crippen molar-refractivity contribution in [2.75, 3.05) is 0 Å². The number of rotatable bonds is 2. The van der Waals surface area contributed by atoms with Gasteiger partial charge in [-0.3, -0.25) is 0 Å². The smallest absolute Gasteiger partial charge is 0.160 e. The van der Waals surface area contributed by atoms with Gasteiger partial charge in [0, 0.05) is 0 Å². The van der Waals surface area contributed by atoms with Crippen molar-refractivity contribution < 1.29 is 9.50 Å². The van der Waals surface area contributed by atoms with Gasteiger partial charge in [0.25, 0.3) is 0 Å². The number of halogens is 3. The Hall–Kier alpha value is -1.17. The molecular weight excluding hydrogens is 256 g/mol. The Morgan fingerprint density at radius 3 is 2.44 bits per heavy atom. The molecule has 0 aliphatic carbocycles. The second-order valence-electron chi connectivity index (χ2n) is 3.04. The molecule has 2 rings (SSSR count). The number of aliphatic hydroxyl groups excluding tert-OH is 1. The van der Waals surface area contributed by atoms with Crippen molar-refractivity contribution in [1.29, 1.82) is 0 Å². The van der Waals surface area contributed by atoms with Crippen LogP contribution >= 0.6 is 23.2 Å². The lowest BCUT2D eigenvalue weighted by atomic mass is 10.3. The zero-order valence-electron chi connectivity index (χ0n) is 7.86. The highest BCUT2D eigenvalue weighted by molar-refractivity contribution is 6.35. The first kappa shape index (κ1) is 11.3. The highest BCUT2D eigenvalue weighted by Gasteiger charge is 2.10. The van der Waals surface area contributed by atoms with Crippen LogP contribution in [0.15, 0.2) is 18.3 Å². The Kier molecular flexibility index (Phi) is 3.09. The van der Waals surface area contributed by atoms with Crippen LogP contribution in [0.3, 0.4) is 0 Å². The topological polar surface area (TPSA) is 50.9 Å². The molecule has 0 radical (unpaired) electrons. The molecule has 0 fully saturated rings. The highest BCUT2D eigenvalue weighted by atomic mass is 35.5. The first-order valence-corrected chi connectivity index (χ1v) is 5.04. The summed E-state index contributed by atoms with van der Waals surface area (Å²) in [5, 5.41) is 16.0. The third-order valence-corrected chi connectivity index (χ3v) is 2.49. The molecule has 0 saturated heterocycles. The maximum Gasteiger partial charge on any atom is 0.160 e. The molecule has 0 unspecified atom stereocenters. The van der Waals surface area contributed by atoms with Crippen LogP contribution in [0.4, 0.5) is 4.39 Å². The zero-order chi connectivity index (χ0) is 11.7. The Morgan fingerprint density at radius 1 is 1.31 bits per heavy atom. The molecule has 1 N–H and O–H groups in total. The number of nitrogens with zero attached hydrogens (tertiary/aromatic N) is 3. The Balaban J connectivity index is 2.48. The van der Waals surface area contributed by atoms with Gasteiger partial charge in [0.2, 0.25) is 0 Å². The normalized spacial score (nSPS) is 10.8. The maximum absolute atomic E-state index is 13.1. The van der Waals surface area contributed by atoms with Crippen molar-refractivity contribution in [1.82, 2.24) is 15.0 Å². The Bertz CT molecular complexity index is 506. The van der Waals surface area contributed by atoms with Gasteiger partial charge in [0.05, 0.1) is 28.5 Å². The molecule has 0 aliphatic rings. The molecule has 0 amide bonds. The standard InChI is InChI=1S/C9H6Cl2FN3O/c10-7-1-6(2-8(11)9(7)12)15-3-5(4-16)13-14-15/h1-3,16H,4H2. The van der Waals surface area contributed by atoms with E-state index in [2.05, 4.69) is 10.3 Å². The predicted octanol–water partition coefficient (Wildman–Crippen LogP) is 2.21. The van der Waals surface area contributed by atoms with Crippen LogP contribution in [-0.4, -0.2) is 20.1 Å². The summed E-state index contributed by atoms with van der Waals surface area (Å²) in [7, 11) is 0. The number of aromatic nitrogens is 3. The number of hydrogen-bond donors (Lipinski definition) is 1. The molecule has 7 heteroatoms. The summed E-state index contributed by atoms with van der Waals surface area (Å²) in [5.74, 6) is -0.672. The van der Waals surface area contributed by atoms with Crippen LogP contribution < -0.4 is 0 Å². The summed E-state index contributed by atoms with van der Waals surface area (Å²) >= 11 is 11.3. The molecule has 1 aromatic heterocycles. The van der Waals surface area contributed by atoms with Crippen LogP contribution in [0.1, 0.15) is 5.69 Å². The summed E-state index contributed by atoms with van der Waals surface area (Å²) in [6.45, 7) is -0.220. The zero-order valence-corrected chi connectivity index (χ0v) is 9.37. The largest absolute Gasteiger partial charge is 0.390 e. The molecule has 0 spiro atoms. The van der Waals surface area contributed by atoms with Gasteiger partial charge >= 0.3 is 0 Å². The van der Waals surface area contributed by atoms with E-state index in [9.17, 15) is 4.39 Å². The van der Waals surface area contributed by atoms with E-state index in [1.807, 2.05) is 0 Å². The number of aliphatic hydroxyl groups is 1. The van der Waals surface area contributed by atoms with E-state index in [4.69, 9.17) is 28.3 Å². The van der Waals surface area contributed by atoms with E-state index in [0.717, 1.165) is 0 Å². The van der Waals surface area contributed by atoms with E-state index in [1.54, 1.807) is 0 Å². The van der Waals surface area contributed by atoms with Gasteiger partial charge in [-0.25, -0.2) is 9.07 Å². The molecule has 1 heterocycles. The van der Waals surface area contributed by atoms with Crippen molar-refractivity contribution in [3.05, 3.63) is 39.9 Å². The van der Waals surface area contributed by atoms with Crippen LogP contribution in [0.5, 0.6) is 0 Å². The van der Waals surface area contributed by atoms with Gasteiger partial charge in [-0.1, -0.05) is 28.4 Å². The molecule has 2 aromatic rings. The van der Waals surface area contributed by atoms with Crippen molar-refractivity contribution in [2.45, 2.75) is 6.61 Å². The minimum atomic E-state index is -0.672. The second-order valence-corrected chi connectivity index (χ2v) is 3.85. The average Bonchev–Trinajstić information content (AvgIpc) is 2.73. The van der Waals surface area contributed by atoms with E-state index in [-0.39, 0.29) is 16.7 Å². The van der Waals surface area contributed by atoms with Gasteiger partial charge < -0.3 is 5.11 Å². The lowest BCUT2D eigenvalue weighted by Crippen LogP contribution is -1.96. The van der Waals surface area contributed by atoms with E-state index >= 15 is 0 Å². The molecule has 0 bridgehead atoms. The molecule has 0 saturated carbocycles. The average molecular weight is 262 g/mol. The van der Waals surface area contributed by atoms with Crippen LogP contribution in [0.25, 0.3) is 5.69 Å². The van der Waals surface area contributed by atoms with Crippen LogP contribution in [0, 0.1) is 5.82 Å². The van der Waals surface area contributed by atoms with Crippen molar-refractivity contribution in [2.24, 2.45) is 0 Å². The van der Waals surface area contributed by atoms with E-state index in [1.165, 1.54) is 23.0 Å². The van der Waals surface area contributed by atoms with Gasteiger partial charge in [0.1, 0.15) is 5.69 Å². The molecular formula is C9H6Cl2FN3O. The highest BCUT2D eigenvalue weighted by Crippen LogP contribution is 2.26. The summed E-state index contributed by atoms with van der Waals surface area (Å²) in [4.78, 5) is 0. The molecule has 16 heavy (non-hydrogen) atoms. The van der Waals surface area contributed by atoms with E-state index < -0.39 is 5.82 Å². The van der Waals surface area contributed by atoms with Crippen LogP contribution in [0.2, 0.25) is 10.0 Å². The molecule has 0 atom stereocenters. The monoisotopic (exact) mass is 261 g/mol. The summed E-state index contributed by atoms with van der Waals surface area (Å²) in [5.41, 5.74) is 0.875.